The molecular formula is C18H13Br2ClN2O3. The van der Waals surface area contributed by atoms with E-state index in [1.54, 1.807) is 25.1 Å². The summed E-state index contributed by atoms with van der Waals surface area (Å²) < 4.78 is 5.93. The SMILES string of the molecule is COc1cc(/C=C(\C#N)C(=O)Nc2cccc(Cl)c2C)c(Br)c(Br)c1O. The summed E-state index contributed by atoms with van der Waals surface area (Å²) in [5.41, 5.74) is 1.59. The normalized spacial score (nSPS) is 11.0. The number of phenols is 1. The van der Waals surface area contributed by atoms with Crippen LogP contribution in [-0.2, 0) is 4.79 Å². The first kappa shape index (κ1) is 20.3. The van der Waals surface area contributed by atoms with Gasteiger partial charge in [0.1, 0.15) is 11.6 Å². The van der Waals surface area contributed by atoms with Crippen molar-refractivity contribution in [2.45, 2.75) is 6.92 Å². The third kappa shape index (κ3) is 4.21. The summed E-state index contributed by atoms with van der Waals surface area (Å²) in [5.74, 6) is -0.461. The molecule has 0 saturated heterocycles. The molecule has 0 aromatic heterocycles. The van der Waals surface area contributed by atoms with E-state index in [0.717, 1.165) is 0 Å². The van der Waals surface area contributed by atoms with Crippen molar-refractivity contribution in [2.24, 2.45) is 0 Å². The van der Waals surface area contributed by atoms with E-state index < -0.39 is 5.91 Å². The molecule has 2 N–H and O–H groups in total. The van der Waals surface area contributed by atoms with Gasteiger partial charge in [0, 0.05) is 15.2 Å². The summed E-state index contributed by atoms with van der Waals surface area (Å²) in [4.78, 5) is 12.5. The molecule has 0 unspecified atom stereocenters. The fourth-order valence-corrected chi connectivity index (χ4v) is 3.12. The molecule has 0 atom stereocenters. The summed E-state index contributed by atoms with van der Waals surface area (Å²) >= 11 is 12.6. The van der Waals surface area contributed by atoms with E-state index in [1.165, 1.54) is 19.3 Å². The molecule has 0 saturated carbocycles. The Kier molecular flexibility index (Phi) is 6.70. The monoisotopic (exact) mass is 498 g/mol. The van der Waals surface area contributed by atoms with Crippen LogP contribution in [0.15, 0.2) is 38.8 Å². The number of amides is 1. The van der Waals surface area contributed by atoms with Gasteiger partial charge in [0.25, 0.3) is 5.91 Å². The molecule has 0 aliphatic rings. The number of methoxy groups -OCH3 is 1. The van der Waals surface area contributed by atoms with Gasteiger partial charge in [-0.2, -0.15) is 5.26 Å². The Morgan fingerprint density at radius 3 is 2.69 bits per heavy atom. The van der Waals surface area contributed by atoms with Gasteiger partial charge in [-0.25, -0.2) is 0 Å². The van der Waals surface area contributed by atoms with Gasteiger partial charge in [-0.1, -0.05) is 17.7 Å². The molecule has 0 bridgehead atoms. The quantitative estimate of drug-likeness (QED) is 0.433. The number of nitrogens with zero attached hydrogens (tertiary/aromatic N) is 1. The molecule has 2 aromatic rings. The lowest BCUT2D eigenvalue weighted by Gasteiger charge is -2.11. The highest BCUT2D eigenvalue weighted by molar-refractivity contribution is 9.13. The summed E-state index contributed by atoms with van der Waals surface area (Å²) in [6.07, 6.45) is 1.39. The number of carbonyl (C=O) groups excluding carboxylic acids is 1. The number of carbonyl (C=O) groups is 1. The lowest BCUT2D eigenvalue weighted by atomic mass is 10.1. The van der Waals surface area contributed by atoms with Gasteiger partial charge in [0.2, 0.25) is 0 Å². The van der Waals surface area contributed by atoms with E-state index in [2.05, 4.69) is 37.2 Å². The van der Waals surface area contributed by atoms with E-state index in [-0.39, 0.29) is 17.1 Å². The van der Waals surface area contributed by atoms with Crippen LogP contribution in [0.5, 0.6) is 11.5 Å². The average molecular weight is 501 g/mol. The number of nitrogens with one attached hydrogen (secondary N) is 1. The minimum atomic E-state index is -0.576. The third-order valence-corrected chi connectivity index (χ3v) is 6.14. The molecule has 2 rings (SSSR count). The maximum absolute atomic E-state index is 12.5. The van der Waals surface area contributed by atoms with E-state index in [0.29, 0.717) is 30.8 Å². The highest BCUT2D eigenvalue weighted by Gasteiger charge is 2.17. The van der Waals surface area contributed by atoms with E-state index >= 15 is 0 Å². The summed E-state index contributed by atoms with van der Waals surface area (Å²) in [7, 11) is 1.41. The van der Waals surface area contributed by atoms with Gasteiger partial charge in [-0.15, -0.1) is 0 Å². The molecule has 0 fully saturated rings. The second kappa shape index (κ2) is 8.58. The van der Waals surface area contributed by atoms with Crippen molar-refractivity contribution in [1.29, 1.82) is 5.26 Å². The van der Waals surface area contributed by atoms with Crippen LogP contribution in [0.1, 0.15) is 11.1 Å². The second-order valence-electron chi connectivity index (χ2n) is 5.18. The van der Waals surface area contributed by atoms with Gasteiger partial charge in [-0.3, -0.25) is 4.79 Å². The maximum Gasteiger partial charge on any atom is 0.266 e. The van der Waals surface area contributed by atoms with Crippen molar-refractivity contribution in [2.75, 3.05) is 12.4 Å². The summed E-state index contributed by atoms with van der Waals surface area (Å²) in [5, 5.41) is 22.6. The van der Waals surface area contributed by atoms with Crippen molar-refractivity contribution in [1.82, 2.24) is 0 Å². The number of hydrogen-bond acceptors (Lipinski definition) is 4. The van der Waals surface area contributed by atoms with Crippen molar-refractivity contribution < 1.29 is 14.6 Å². The maximum atomic E-state index is 12.5. The lowest BCUT2D eigenvalue weighted by Crippen LogP contribution is -2.14. The predicted octanol–water partition coefficient (Wildman–Crippen LogP) is 5.43. The van der Waals surface area contributed by atoms with Crippen LogP contribution in [0.2, 0.25) is 5.02 Å². The summed E-state index contributed by atoms with van der Waals surface area (Å²) in [6.45, 7) is 1.77. The molecule has 134 valence electrons. The molecule has 0 aliphatic heterocycles. The largest absolute Gasteiger partial charge is 0.503 e. The number of halogens is 3. The topological polar surface area (TPSA) is 82.3 Å². The number of ether oxygens (including phenoxy) is 1. The molecule has 5 nitrogen and oxygen atoms in total. The molecule has 0 aliphatic carbocycles. The van der Waals surface area contributed by atoms with Gasteiger partial charge in [0.05, 0.1) is 11.6 Å². The van der Waals surface area contributed by atoms with Crippen molar-refractivity contribution in [3.8, 4) is 17.6 Å². The zero-order chi connectivity index (χ0) is 19.4. The number of benzene rings is 2. The Bertz CT molecular complexity index is 952. The lowest BCUT2D eigenvalue weighted by molar-refractivity contribution is -0.112. The highest BCUT2D eigenvalue weighted by atomic mass is 79.9. The Morgan fingerprint density at radius 2 is 2.08 bits per heavy atom. The summed E-state index contributed by atoms with van der Waals surface area (Å²) in [6, 6.07) is 8.51. The van der Waals surface area contributed by atoms with Gasteiger partial charge in [0.15, 0.2) is 11.5 Å². The third-order valence-electron chi connectivity index (χ3n) is 3.57. The Balaban J connectivity index is 2.42. The van der Waals surface area contributed by atoms with Crippen molar-refractivity contribution in [3.05, 3.63) is 54.9 Å². The number of hydrogen-bond donors (Lipinski definition) is 2. The minimum absolute atomic E-state index is 0.0889. The van der Waals surface area contributed by atoms with E-state index in [1.807, 2.05) is 6.07 Å². The first-order chi connectivity index (χ1) is 12.3. The molecule has 0 spiro atoms. The highest BCUT2D eigenvalue weighted by Crippen LogP contribution is 2.42. The molecule has 1 amide bonds. The van der Waals surface area contributed by atoms with Gasteiger partial charge in [-0.05, 0) is 74.2 Å². The number of phenolic OH excluding ortho intramolecular Hbond substituents is 1. The van der Waals surface area contributed by atoms with E-state index in [4.69, 9.17) is 16.3 Å². The fraction of sp³-hybridized carbons (Fsp3) is 0.111. The smallest absolute Gasteiger partial charge is 0.266 e. The first-order valence-corrected chi connectivity index (χ1v) is 9.19. The van der Waals surface area contributed by atoms with Crippen LogP contribution in [0.25, 0.3) is 6.08 Å². The van der Waals surface area contributed by atoms with Gasteiger partial charge >= 0.3 is 0 Å². The van der Waals surface area contributed by atoms with Crippen molar-refractivity contribution in [3.63, 3.8) is 0 Å². The van der Waals surface area contributed by atoms with Gasteiger partial charge < -0.3 is 15.2 Å². The van der Waals surface area contributed by atoms with Crippen LogP contribution < -0.4 is 10.1 Å². The van der Waals surface area contributed by atoms with Crippen LogP contribution in [0.3, 0.4) is 0 Å². The van der Waals surface area contributed by atoms with Crippen LogP contribution in [0, 0.1) is 18.3 Å². The fourth-order valence-electron chi connectivity index (χ4n) is 2.11. The van der Waals surface area contributed by atoms with Crippen LogP contribution in [-0.4, -0.2) is 18.1 Å². The molecular weight excluding hydrogens is 487 g/mol. The Labute approximate surface area is 172 Å². The molecule has 2 aromatic carbocycles. The standard InChI is InChI=1S/C18H13Br2ClN2O3/c1-9-12(21)4-3-5-13(9)23-18(25)11(8-22)6-10-7-14(26-2)17(24)16(20)15(10)19/h3-7,24H,1-2H3,(H,23,25)/b11-6+. The predicted molar refractivity (Wildman–Crippen MR) is 108 cm³/mol. The number of aromatic hydroxyl groups is 1. The zero-order valence-corrected chi connectivity index (χ0v) is 17.7. The molecule has 26 heavy (non-hydrogen) atoms. The first-order valence-electron chi connectivity index (χ1n) is 7.23. The molecule has 0 radical (unpaired) electrons. The number of rotatable bonds is 4. The minimum Gasteiger partial charge on any atom is -0.503 e. The average Bonchev–Trinajstić information content (AvgIpc) is 2.63. The van der Waals surface area contributed by atoms with Crippen LogP contribution in [0.4, 0.5) is 5.69 Å². The van der Waals surface area contributed by atoms with E-state index in [9.17, 15) is 15.2 Å². The molecule has 8 heteroatoms. The number of nitriles is 1. The second-order valence-corrected chi connectivity index (χ2v) is 7.17. The van der Waals surface area contributed by atoms with Crippen LogP contribution >= 0.6 is 43.5 Å². The number of anilines is 1. The van der Waals surface area contributed by atoms with Crippen molar-refractivity contribution >= 4 is 61.1 Å². The Morgan fingerprint density at radius 1 is 1.38 bits per heavy atom. The zero-order valence-electron chi connectivity index (χ0n) is 13.7. The molecule has 0 heterocycles. The Hall–Kier alpha value is -2.01.